The van der Waals surface area contributed by atoms with Gasteiger partial charge in [-0.15, -0.1) is 0 Å². The summed E-state index contributed by atoms with van der Waals surface area (Å²) >= 11 is 6.42. The molecule has 3 heteroatoms. The molecule has 158 valence electrons. The van der Waals surface area contributed by atoms with Crippen LogP contribution in [0.5, 0.6) is 5.75 Å². The van der Waals surface area contributed by atoms with Crippen LogP contribution in [0.1, 0.15) is 72.8 Å². The van der Waals surface area contributed by atoms with Gasteiger partial charge in [-0.1, -0.05) is 49.7 Å². The Balaban J connectivity index is 1.81. The molecule has 0 bridgehead atoms. The summed E-state index contributed by atoms with van der Waals surface area (Å²) in [4.78, 5) is 13.2. The minimum Gasteiger partial charge on any atom is -0.461 e. The van der Waals surface area contributed by atoms with Crippen LogP contribution in [0.2, 0.25) is 5.02 Å². The summed E-state index contributed by atoms with van der Waals surface area (Å²) in [7, 11) is 0. The highest BCUT2D eigenvalue weighted by molar-refractivity contribution is 6.30. The Morgan fingerprint density at radius 1 is 0.968 bits per heavy atom. The predicted molar refractivity (Wildman–Crippen MR) is 126 cm³/mol. The van der Waals surface area contributed by atoms with Crippen molar-refractivity contribution in [3.63, 3.8) is 0 Å². The average molecular weight is 431 g/mol. The Labute approximate surface area is 189 Å². The summed E-state index contributed by atoms with van der Waals surface area (Å²) in [5.74, 6) is 2.15. The quantitative estimate of drug-likeness (QED) is 0.416. The van der Waals surface area contributed by atoms with E-state index in [9.17, 15) is 4.79 Å². The van der Waals surface area contributed by atoms with E-state index in [0.717, 1.165) is 35.5 Å². The van der Waals surface area contributed by atoms with Gasteiger partial charge in [0, 0.05) is 34.9 Å². The van der Waals surface area contributed by atoms with E-state index in [0.29, 0.717) is 17.4 Å². The Hall–Kier alpha value is -2.58. The van der Waals surface area contributed by atoms with Crippen LogP contribution < -0.4 is 4.74 Å². The van der Waals surface area contributed by atoms with Gasteiger partial charge in [0.15, 0.2) is 5.78 Å². The molecule has 0 saturated heterocycles. The van der Waals surface area contributed by atoms with Crippen molar-refractivity contribution in [1.29, 1.82) is 0 Å². The minimum atomic E-state index is -0.148. The lowest BCUT2D eigenvalue weighted by Gasteiger charge is -2.33. The van der Waals surface area contributed by atoms with E-state index in [1.807, 2.05) is 18.2 Å². The zero-order chi connectivity index (χ0) is 21.9. The number of ether oxygens (including phenoxy) is 1. The fourth-order valence-corrected chi connectivity index (χ4v) is 5.36. The first-order valence-corrected chi connectivity index (χ1v) is 11.5. The molecule has 1 atom stereocenters. The summed E-state index contributed by atoms with van der Waals surface area (Å²) in [6.45, 7) is 8.80. The molecule has 1 aliphatic heterocycles. The average Bonchev–Trinajstić information content (AvgIpc) is 2.93. The maximum atomic E-state index is 13.2. The maximum absolute atomic E-state index is 13.2. The molecule has 0 fully saturated rings. The maximum Gasteiger partial charge on any atom is 0.163 e. The highest BCUT2D eigenvalue weighted by Gasteiger charge is 2.38. The number of hydrogen-bond acceptors (Lipinski definition) is 2. The summed E-state index contributed by atoms with van der Waals surface area (Å²) in [6.07, 6.45) is 2.23. The van der Waals surface area contributed by atoms with Crippen LogP contribution >= 0.6 is 11.6 Å². The third kappa shape index (κ3) is 3.29. The van der Waals surface area contributed by atoms with Gasteiger partial charge in [0.2, 0.25) is 0 Å². The monoisotopic (exact) mass is 430 g/mol. The highest BCUT2D eigenvalue weighted by Crippen LogP contribution is 2.51. The Morgan fingerprint density at radius 3 is 2.55 bits per heavy atom. The molecule has 0 spiro atoms. The summed E-state index contributed by atoms with van der Waals surface area (Å²) in [5, 5.41) is 0.664. The van der Waals surface area contributed by atoms with Crippen molar-refractivity contribution in [3.8, 4) is 16.9 Å². The molecule has 0 amide bonds. The summed E-state index contributed by atoms with van der Waals surface area (Å²) < 4.78 is 6.23. The predicted octanol–water partition coefficient (Wildman–Crippen LogP) is 7.72. The molecule has 5 rings (SSSR count). The highest BCUT2D eigenvalue weighted by atomic mass is 35.5. The number of aryl methyl sites for hydroxylation is 2. The van der Waals surface area contributed by atoms with E-state index in [-0.39, 0.29) is 11.7 Å². The summed E-state index contributed by atoms with van der Waals surface area (Å²) in [6, 6.07) is 14.8. The van der Waals surface area contributed by atoms with Crippen molar-refractivity contribution in [2.75, 3.05) is 0 Å². The smallest absolute Gasteiger partial charge is 0.163 e. The second-order valence-electron chi connectivity index (χ2n) is 9.22. The minimum absolute atomic E-state index is 0.148. The fraction of sp³-hybridized carbons (Fsp3) is 0.321. The number of carbonyl (C=O) groups excluding carboxylic acids is 1. The van der Waals surface area contributed by atoms with Crippen LogP contribution in [0.4, 0.5) is 0 Å². The Bertz CT molecular complexity index is 1220. The van der Waals surface area contributed by atoms with Crippen LogP contribution in [0.3, 0.4) is 0 Å². The van der Waals surface area contributed by atoms with Gasteiger partial charge in [-0.05, 0) is 77.8 Å². The molecule has 1 unspecified atom stereocenters. The molecule has 2 nitrogen and oxygen atoms in total. The molecular formula is C28H27ClO2. The molecule has 1 aromatic rings. The zero-order valence-electron chi connectivity index (χ0n) is 18.5. The van der Waals surface area contributed by atoms with E-state index >= 15 is 0 Å². The molecule has 0 aromatic heterocycles. The van der Waals surface area contributed by atoms with E-state index in [2.05, 4.69) is 52.0 Å². The number of rotatable bonds is 2. The molecular weight excluding hydrogens is 404 g/mol. The SMILES string of the molecule is Cc1cc(C2C3=C(CCCC3=O)Oc3ccc(Cl)cc32)c2c(C)ccc(C(C)C)cc1-2. The van der Waals surface area contributed by atoms with E-state index < -0.39 is 0 Å². The molecule has 0 N–H and O–H groups in total. The van der Waals surface area contributed by atoms with Crippen molar-refractivity contribution in [2.45, 2.75) is 58.8 Å². The van der Waals surface area contributed by atoms with Crippen molar-refractivity contribution >= 4 is 17.4 Å². The lowest BCUT2D eigenvalue weighted by Crippen LogP contribution is -2.25. The van der Waals surface area contributed by atoms with Crippen LogP contribution in [0.15, 0.2) is 53.8 Å². The number of fused-ring (bicyclic) bond motifs is 2. The third-order valence-electron chi connectivity index (χ3n) is 6.78. The number of allylic oxidation sites excluding steroid dienone is 2. The first-order chi connectivity index (χ1) is 14.8. The topological polar surface area (TPSA) is 26.3 Å². The second-order valence-corrected chi connectivity index (χ2v) is 9.65. The number of hydrogen-bond donors (Lipinski definition) is 0. The van der Waals surface area contributed by atoms with E-state index in [4.69, 9.17) is 16.3 Å². The lowest BCUT2D eigenvalue weighted by molar-refractivity contribution is -0.116. The first-order valence-electron chi connectivity index (χ1n) is 11.1. The second kappa shape index (κ2) is 7.53. The summed E-state index contributed by atoms with van der Waals surface area (Å²) in [5.41, 5.74) is 9.30. The van der Waals surface area contributed by atoms with Crippen molar-refractivity contribution in [1.82, 2.24) is 0 Å². The molecule has 0 saturated carbocycles. The number of carbonyl (C=O) groups is 1. The van der Waals surface area contributed by atoms with E-state index in [1.54, 1.807) is 0 Å². The third-order valence-corrected chi connectivity index (χ3v) is 7.01. The molecule has 4 aliphatic rings. The number of benzene rings is 1. The van der Waals surface area contributed by atoms with Gasteiger partial charge in [0.25, 0.3) is 0 Å². The number of ketones is 1. The van der Waals surface area contributed by atoms with Crippen molar-refractivity contribution < 1.29 is 9.53 Å². The van der Waals surface area contributed by atoms with Gasteiger partial charge in [-0.2, -0.15) is 0 Å². The van der Waals surface area contributed by atoms with Crippen molar-refractivity contribution in [2.24, 2.45) is 0 Å². The first kappa shape index (κ1) is 20.3. The van der Waals surface area contributed by atoms with Crippen LogP contribution in [-0.2, 0) is 4.79 Å². The standard InChI is InChI=1S/C28H27ClO2/c1-15(2)18-9-8-16(3)26-20(13-18)17(4)12-22(26)27-21-14-19(29)10-11-24(21)31-25-7-5-6-23(30)28(25)27/h8-15,27H,5-7H2,1-4H3. The Kier molecular flexibility index (Phi) is 4.94. The molecule has 1 heterocycles. The van der Waals surface area contributed by atoms with Gasteiger partial charge >= 0.3 is 0 Å². The number of halogens is 1. The van der Waals surface area contributed by atoms with Gasteiger partial charge < -0.3 is 4.74 Å². The van der Waals surface area contributed by atoms with E-state index in [1.165, 1.54) is 33.4 Å². The zero-order valence-corrected chi connectivity index (χ0v) is 19.3. The van der Waals surface area contributed by atoms with Crippen LogP contribution in [0, 0.1) is 13.8 Å². The molecule has 3 aliphatic carbocycles. The molecule has 31 heavy (non-hydrogen) atoms. The molecule has 0 radical (unpaired) electrons. The fourth-order valence-electron chi connectivity index (χ4n) is 5.18. The lowest BCUT2D eigenvalue weighted by atomic mass is 9.76. The Morgan fingerprint density at radius 2 is 1.77 bits per heavy atom. The largest absolute Gasteiger partial charge is 0.461 e. The molecule has 1 aromatic carbocycles. The van der Waals surface area contributed by atoms with Gasteiger partial charge in [-0.25, -0.2) is 0 Å². The normalized spacial score (nSPS) is 18.3. The van der Waals surface area contributed by atoms with Crippen LogP contribution in [0.25, 0.3) is 11.1 Å². The van der Waals surface area contributed by atoms with Crippen molar-refractivity contribution in [3.05, 3.63) is 86.6 Å². The van der Waals surface area contributed by atoms with Gasteiger partial charge in [-0.3, -0.25) is 4.79 Å². The van der Waals surface area contributed by atoms with Crippen LogP contribution in [-0.4, -0.2) is 5.78 Å². The van der Waals surface area contributed by atoms with Gasteiger partial charge in [0.1, 0.15) is 11.5 Å². The van der Waals surface area contributed by atoms with Gasteiger partial charge in [0.05, 0.1) is 0 Å². The number of Topliss-reactive ketones (excluding diaryl/α,β-unsaturated/α-hetero) is 1.